The van der Waals surface area contributed by atoms with Crippen LogP contribution in [0.5, 0.6) is 0 Å². The fourth-order valence-corrected chi connectivity index (χ4v) is 13.0. The second-order valence-corrected chi connectivity index (χ2v) is 26.7. The Morgan fingerprint density at radius 1 is 0.411 bits per heavy atom. The summed E-state index contributed by atoms with van der Waals surface area (Å²) in [7, 11) is 3.24. The highest BCUT2D eigenvalue weighted by atomic mass is 16.5. The standard InChI is InChI=1S/C89H89N13O10/c1-91-82(103)23-11-13-25-84(105)99-60-74-15-3-5-17-76(74)86-88(78-19-7-9-21-80(78)99)101(97-94-86)46-49-108-52-55-111-63-69-38-29-66(30-39-69)34-43-72-57-71(42-33-65-27-36-68(37-28-65)62-110-54-51-107-48-45-93-96-90)58-73(59-72)44-35-67-31-40-70(41-32-67)64-112-56-53-109-50-47-102-89-79-20-8-10-22-81(79)100(85(106)26-14-12-24-83(104)92-2)61-75-16-4-6-18-77(75)87(89)95-98-102/h3-10,15-22,27-32,36-41,57-59H,11-14,23-26,45-56,60-64H2,1-2H3,(H,91,103)(H,92,104). The van der Waals surface area contributed by atoms with Gasteiger partial charge in [-0.1, -0.05) is 172 Å². The highest BCUT2D eigenvalue weighted by molar-refractivity contribution is 6.01. The zero-order valence-electron chi connectivity index (χ0n) is 63.1. The van der Waals surface area contributed by atoms with Crippen LogP contribution in [-0.2, 0) is 93.6 Å². The molecular weight excluding hydrogens is 1410 g/mol. The van der Waals surface area contributed by atoms with Gasteiger partial charge in [-0.25, -0.2) is 9.36 Å². The van der Waals surface area contributed by atoms with Crippen molar-refractivity contribution in [1.82, 2.24) is 40.6 Å². The van der Waals surface area contributed by atoms with Gasteiger partial charge in [-0.05, 0) is 126 Å². The topological polar surface area (TPSA) is 264 Å². The Bertz CT molecular complexity index is 4860. The van der Waals surface area contributed by atoms with Crippen LogP contribution in [0.1, 0.15) is 113 Å². The lowest BCUT2D eigenvalue weighted by molar-refractivity contribution is -0.121. The van der Waals surface area contributed by atoms with E-state index in [0.717, 1.165) is 118 Å². The number of unbranched alkanes of at least 4 members (excludes halogenated alkanes) is 2. The molecule has 0 spiro atoms. The van der Waals surface area contributed by atoms with Crippen molar-refractivity contribution in [2.45, 2.75) is 97.4 Å². The van der Waals surface area contributed by atoms with Crippen molar-refractivity contribution >= 4 is 35.0 Å². The predicted octanol–water partition coefficient (Wildman–Crippen LogP) is 13.4. The number of aromatic nitrogens is 6. The van der Waals surface area contributed by atoms with Crippen LogP contribution in [0.25, 0.3) is 55.5 Å². The molecule has 2 aromatic heterocycles. The molecule has 570 valence electrons. The van der Waals surface area contributed by atoms with Gasteiger partial charge in [0.1, 0.15) is 11.4 Å². The fraction of sp³-hybridized carbons (Fsp3) is 0.303. The molecule has 0 aliphatic carbocycles. The molecule has 23 heteroatoms. The third kappa shape index (κ3) is 22.2. The van der Waals surface area contributed by atoms with Crippen LogP contribution in [0.3, 0.4) is 0 Å². The van der Waals surface area contributed by atoms with Gasteiger partial charge in [0.05, 0.1) is 128 Å². The van der Waals surface area contributed by atoms with Gasteiger partial charge in [0.25, 0.3) is 0 Å². The van der Waals surface area contributed by atoms with Gasteiger partial charge in [-0.3, -0.25) is 19.2 Å². The van der Waals surface area contributed by atoms with Gasteiger partial charge in [0.15, 0.2) is 0 Å². The first-order valence-electron chi connectivity index (χ1n) is 37.8. The third-order valence-electron chi connectivity index (χ3n) is 18.9. The number of amides is 4. The van der Waals surface area contributed by atoms with Crippen LogP contribution >= 0.6 is 0 Å². The van der Waals surface area contributed by atoms with Crippen molar-refractivity contribution < 1.29 is 47.6 Å². The number of carbonyl (C=O) groups is 4. The number of ether oxygens (including phenoxy) is 6. The zero-order chi connectivity index (χ0) is 77.5. The van der Waals surface area contributed by atoms with E-state index in [1.807, 2.05) is 207 Å². The number of anilines is 2. The number of hydrogen-bond acceptors (Lipinski definition) is 15. The Hall–Kier alpha value is -12.3. The average molecular weight is 1500 g/mol. The van der Waals surface area contributed by atoms with E-state index in [0.29, 0.717) is 157 Å². The SMILES string of the molecule is CNC(=O)CCCCC(=O)N1Cc2ccccc2-c2nnn(CCOCCOCc3ccc(C#Cc4cc(C#Cc5ccc(COCCOCCN=[N+]=[N-])cc5)cc(C#Cc5ccc(COCCOCCn6nnc7c6-c6ccccc6N(C(=O)CCCCC(=O)NC)Cc6ccccc6-7)cc5)c4)cc3)c2-c2ccccc21. The summed E-state index contributed by atoms with van der Waals surface area (Å²) in [5.74, 6) is 20.0. The molecule has 8 aromatic carbocycles. The average Bonchev–Trinajstić information content (AvgIpc) is 1.00. The maximum Gasteiger partial charge on any atom is 0.227 e. The van der Waals surface area contributed by atoms with Crippen molar-refractivity contribution in [3.05, 3.63) is 260 Å². The Morgan fingerprint density at radius 2 is 0.750 bits per heavy atom. The van der Waals surface area contributed by atoms with E-state index in [9.17, 15) is 19.2 Å². The van der Waals surface area contributed by atoms with Crippen LogP contribution in [-0.4, -0.2) is 134 Å². The summed E-state index contributed by atoms with van der Waals surface area (Å²) in [5, 5.41) is 27.4. The van der Waals surface area contributed by atoms with Crippen molar-refractivity contribution in [3.63, 3.8) is 0 Å². The Balaban J connectivity index is 0.636. The maximum absolute atomic E-state index is 14.0. The number of nitrogens with one attached hydrogen (secondary N) is 2. The fourth-order valence-electron chi connectivity index (χ4n) is 13.0. The first kappa shape index (κ1) is 79.2. The molecule has 2 N–H and O–H groups in total. The Morgan fingerprint density at radius 3 is 1.13 bits per heavy atom. The number of azide groups is 1. The third-order valence-corrected chi connectivity index (χ3v) is 18.9. The first-order chi connectivity index (χ1) is 55.1. The molecule has 4 amide bonds. The van der Waals surface area contributed by atoms with E-state index in [1.165, 1.54) is 0 Å². The van der Waals surface area contributed by atoms with E-state index in [1.54, 1.807) is 14.1 Å². The van der Waals surface area contributed by atoms with Gasteiger partial charge in [-0.2, -0.15) is 0 Å². The summed E-state index contributed by atoms with van der Waals surface area (Å²) >= 11 is 0. The van der Waals surface area contributed by atoms with Crippen LogP contribution in [0.4, 0.5) is 11.4 Å². The molecule has 2 aliphatic heterocycles. The minimum Gasteiger partial charge on any atom is -0.379 e. The highest BCUT2D eigenvalue weighted by Gasteiger charge is 2.31. The lowest BCUT2D eigenvalue weighted by atomic mass is 9.95. The summed E-state index contributed by atoms with van der Waals surface area (Å²) in [5.41, 5.74) is 26.4. The molecule has 112 heavy (non-hydrogen) atoms. The molecule has 10 aromatic rings. The van der Waals surface area contributed by atoms with Crippen LogP contribution in [0.2, 0.25) is 0 Å². The normalized spacial score (nSPS) is 11.6. The molecule has 0 saturated carbocycles. The van der Waals surface area contributed by atoms with E-state index in [-0.39, 0.29) is 30.2 Å². The van der Waals surface area contributed by atoms with Gasteiger partial charge < -0.3 is 48.9 Å². The molecule has 2 aliphatic rings. The largest absolute Gasteiger partial charge is 0.379 e. The minimum atomic E-state index is -0.0356. The summed E-state index contributed by atoms with van der Waals surface area (Å²) in [6.45, 7) is 6.45. The number of para-hydroxylation sites is 2. The monoisotopic (exact) mass is 1500 g/mol. The molecule has 23 nitrogen and oxygen atoms in total. The van der Waals surface area contributed by atoms with Gasteiger partial charge in [0.2, 0.25) is 23.6 Å². The van der Waals surface area contributed by atoms with Crippen molar-refractivity contribution in [3.8, 4) is 80.6 Å². The number of rotatable bonds is 34. The Kier molecular flexibility index (Phi) is 29.3. The molecule has 0 radical (unpaired) electrons. The van der Waals surface area contributed by atoms with Crippen molar-refractivity contribution in [2.24, 2.45) is 5.11 Å². The lowest BCUT2D eigenvalue weighted by Gasteiger charge is -2.29. The number of benzene rings is 8. The van der Waals surface area contributed by atoms with Crippen LogP contribution in [0, 0.1) is 35.5 Å². The predicted molar refractivity (Wildman–Crippen MR) is 428 cm³/mol. The molecule has 0 unspecified atom stereocenters. The van der Waals surface area contributed by atoms with Gasteiger partial charge in [-0.15, -0.1) is 10.2 Å². The van der Waals surface area contributed by atoms with Crippen LogP contribution in [0.15, 0.2) is 193 Å². The van der Waals surface area contributed by atoms with Crippen molar-refractivity contribution in [2.75, 3.05) is 89.9 Å². The second-order valence-electron chi connectivity index (χ2n) is 26.7. The lowest BCUT2D eigenvalue weighted by Crippen LogP contribution is -2.31. The highest BCUT2D eigenvalue weighted by Crippen LogP contribution is 2.43. The quantitative estimate of drug-likeness (QED) is 0.0125. The Labute approximate surface area is 652 Å². The van der Waals surface area contributed by atoms with E-state index < -0.39 is 0 Å². The van der Waals surface area contributed by atoms with Crippen LogP contribution < -0.4 is 20.4 Å². The van der Waals surface area contributed by atoms with Crippen molar-refractivity contribution in [1.29, 1.82) is 0 Å². The molecule has 0 bridgehead atoms. The molecule has 0 fully saturated rings. The molecular formula is C89H89N13O10. The second kappa shape index (κ2) is 41.5. The maximum atomic E-state index is 14.0. The zero-order valence-corrected chi connectivity index (χ0v) is 63.1. The molecule has 4 heterocycles. The summed E-state index contributed by atoms with van der Waals surface area (Å²) in [4.78, 5) is 58.1. The van der Waals surface area contributed by atoms with Gasteiger partial charge >= 0.3 is 0 Å². The molecule has 0 atom stereocenters. The van der Waals surface area contributed by atoms with Gasteiger partial charge in [0, 0.05) is 107 Å². The number of hydrogen-bond donors (Lipinski definition) is 2. The number of nitrogens with zero attached hydrogens (tertiary/aromatic N) is 11. The number of carbonyl (C=O) groups excluding carboxylic acids is 4. The minimum absolute atomic E-state index is 0.0124. The summed E-state index contributed by atoms with van der Waals surface area (Å²) < 4.78 is 39.3. The molecule has 0 saturated heterocycles. The van der Waals surface area contributed by atoms with E-state index >= 15 is 0 Å². The van der Waals surface area contributed by atoms with E-state index in [4.69, 9.17) is 44.1 Å². The van der Waals surface area contributed by atoms with E-state index in [2.05, 4.69) is 66.6 Å². The summed E-state index contributed by atoms with van der Waals surface area (Å²) in [6, 6.07) is 61.5. The number of fused-ring (bicyclic) bond motifs is 10. The summed E-state index contributed by atoms with van der Waals surface area (Å²) in [6.07, 6.45) is 3.83. The first-order valence-corrected chi connectivity index (χ1v) is 37.8. The smallest absolute Gasteiger partial charge is 0.227 e. The molecule has 12 rings (SSSR count).